The Morgan fingerprint density at radius 1 is 0.550 bits per heavy atom. The molecule has 4 bridgehead atoms. The van der Waals surface area contributed by atoms with Crippen molar-refractivity contribution < 1.29 is 38.7 Å². The third-order valence-electron chi connectivity index (χ3n) is 13.3. The highest BCUT2D eigenvalue weighted by Gasteiger charge is 2.66. The molecule has 6 aliphatic rings. The minimum Gasteiger partial charge on any atom is -0.492 e. The Bertz CT molecular complexity index is 2470. The topological polar surface area (TPSA) is 112 Å². The van der Waals surface area contributed by atoms with E-state index in [1.165, 1.54) is 11.1 Å². The third-order valence-corrected chi connectivity index (χ3v) is 13.3. The van der Waals surface area contributed by atoms with Crippen LogP contribution in [-0.2, 0) is 41.8 Å². The molecule has 10 rings (SSSR count). The first-order valence-corrected chi connectivity index (χ1v) is 20.9. The lowest BCUT2D eigenvalue weighted by atomic mass is 9.76. The molecule has 4 heterocycles. The number of aliphatic hydroxyl groups is 2. The highest BCUT2D eigenvalue weighted by atomic mass is 16.5. The molecule has 308 valence electrons. The number of fused-ring (bicyclic) bond motifs is 10. The molecule has 4 aromatic rings. The molecule has 0 saturated carbocycles. The zero-order chi connectivity index (χ0) is 42.1. The first-order valence-electron chi connectivity index (χ1n) is 20.9. The summed E-state index contributed by atoms with van der Waals surface area (Å²) in [6, 6.07) is 28.3. The van der Waals surface area contributed by atoms with Crippen LogP contribution >= 0.6 is 0 Å². The van der Waals surface area contributed by atoms with Crippen molar-refractivity contribution in [1.29, 1.82) is 0 Å². The van der Waals surface area contributed by atoms with Gasteiger partial charge in [0, 0.05) is 0 Å². The molecule has 8 heteroatoms. The molecule has 0 unspecified atom stereocenters. The van der Waals surface area contributed by atoms with Crippen LogP contribution in [0.4, 0.5) is 0 Å². The number of rotatable bonds is 10. The second-order valence-corrected chi connectivity index (χ2v) is 17.4. The number of carbonyl (C=O) groups excluding carboxylic acids is 2. The Kier molecular flexibility index (Phi) is 10.2. The zero-order valence-electron chi connectivity index (χ0n) is 35.0. The van der Waals surface area contributed by atoms with E-state index in [0.29, 0.717) is 35.9 Å². The standard InChI is InChI=1S/2C26H26O4/c1-15-11-16(2)20(17(3)12-15)22-24(28)23-21(19-9-10-26(23,14-27)30-19)25(22)29-13-18-7-5-4-6-8-18;1-15-11-16(2)20(17(3)12-15)22-24(28)21-19-9-10-26(14-27,30-19)23(21)25(22)29-13-18-7-5-4-6-8-18/h2*4-12,19,21,23,27H,13-14H2,1-3H3/t2*19-,21-,23+,26-/m00/s1. The molecular weight excluding hydrogens is 753 g/mol. The number of allylic oxidation sites excluding steroid dienone is 2. The Hall–Kier alpha value is -5.38. The van der Waals surface area contributed by atoms with Crippen molar-refractivity contribution in [3.05, 3.63) is 176 Å². The number of ketones is 2. The van der Waals surface area contributed by atoms with Crippen LogP contribution in [0.15, 0.2) is 121 Å². The summed E-state index contributed by atoms with van der Waals surface area (Å²) in [5.41, 5.74) is 10.1. The Labute approximate surface area is 351 Å². The fourth-order valence-electron chi connectivity index (χ4n) is 11.0. The number of hydrogen-bond donors (Lipinski definition) is 2. The van der Waals surface area contributed by atoms with Gasteiger partial charge in [0.2, 0.25) is 0 Å². The lowest BCUT2D eigenvalue weighted by Crippen LogP contribution is -2.41. The van der Waals surface area contributed by atoms with Crippen molar-refractivity contribution in [3.63, 3.8) is 0 Å². The molecule has 0 radical (unpaired) electrons. The highest BCUT2D eigenvalue weighted by Crippen LogP contribution is 2.59. The van der Waals surface area contributed by atoms with E-state index >= 15 is 0 Å². The van der Waals surface area contributed by atoms with Crippen molar-refractivity contribution >= 4 is 22.7 Å². The van der Waals surface area contributed by atoms with E-state index in [1.807, 2.05) is 113 Å². The van der Waals surface area contributed by atoms with Crippen LogP contribution in [0.2, 0.25) is 0 Å². The molecule has 2 saturated heterocycles. The molecule has 60 heavy (non-hydrogen) atoms. The van der Waals surface area contributed by atoms with Crippen molar-refractivity contribution in [2.24, 2.45) is 23.7 Å². The van der Waals surface area contributed by atoms with Gasteiger partial charge < -0.3 is 29.2 Å². The Morgan fingerprint density at radius 3 is 1.43 bits per heavy atom. The largest absolute Gasteiger partial charge is 0.492 e. The molecule has 4 aromatic carbocycles. The van der Waals surface area contributed by atoms with Gasteiger partial charge >= 0.3 is 0 Å². The van der Waals surface area contributed by atoms with Crippen LogP contribution < -0.4 is 0 Å². The minimum atomic E-state index is -0.942. The summed E-state index contributed by atoms with van der Waals surface area (Å²) in [4.78, 5) is 27.5. The van der Waals surface area contributed by atoms with Crippen LogP contribution in [-0.4, -0.2) is 58.4 Å². The first-order chi connectivity index (χ1) is 28.9. The van der Waals surface area contributed by atoms with E-state index < -0.39 is 17.1 Å². The Morgan fingerprint density at radius 2 is 0.967 bits per heavy atom. The van der Waals surface area contributed by atoms with Gasteiger partial charge in [-0.2, -0.15) is 0 Å². The van der Waals surface area contributed by atoms with Crippen molar-refractivity contribution in [1.82, 2.24) is 0 Å². The monoisotopic (exact) mass is 804 g/mol. The summed E-state index contributed by atoms with van der Waals surface area (Å²) in [6.45, 7) is 12.7. The van der Waals surface area contributed by atoms with Gasteiger partial charge in [0.1, 0.15) is 35.9 Å². The number of ether oxygens (including phenoxy) is 4. The predicted octanol–water partition coefficient (Wildman–Crippen LogP) is 8.11. The first kappa shape index (κ1) is 40.0. The van der Waals surface area contributed by atoms with Crippen LogP contribution in [0.5, 0.6) is 0 Å². The van der Waals surface area contributed by atoms with E-state index in [-0.39, 0.29) is 54.7 Å². The van der Waals surface area contributed by atoms with Crippen LogP contribution in [0, 0.1) is 65.2 Å². The maximum atomic E-state index is 13.8. The second kappa shape index (κ2) is 15.3. The SMILES string of the molecule is Cc1cc(C)c(C2=C(OCc3ccccc3)[C@H]3[C@@H](C2=O)[C@@H]2C=C[C@@]3(CO)O2)c(C)c1.Cc1cc(C)c(C2=C(OCc3ccccc3)[C@H]3[C@@H]4C=C[C@@](CO)(O4)[C@H]3C2=O)c(C)c1. The summed E-state index contributed by atoms with van der Waals surface area (Å²) < 4.78 is 25.0. The highest BCUT2D eigenvalue weighted by molar-refractivity contribution is 6.27. The van der Waals surface area contributed by atoms with Crippen molar-refractivity contribution in [2.45, 2.75) is 78.2 Å². The summed E-state index contributed by atoms with van der Waals surface area (Å²) >= 11 is 0. The van der Waals surface area contributed by atoms with Crippen LogP contribution in [0.3, 0.4) is 0 Å². The van der Waals surface area contributed by atoms with Gasteiger partial charge in [0.15, 0.2) is 11.6 Å². The third kappa shape index (κ3) is 6.35. The van der Waals surface area contributed by atoms with Crippen molar-refractivity contribution in [2.75, 3.05) is 13.2 Å². The molecule has 0 aromatic heterocycles. The Balaban J connectivity index is 0.000000154. The van der Waals surface area contributed by atoms with E-state index in [4.69, 9.17) is 18.9 Å². The van der Waals surface area contributed by atoms with Gasteiger partial charge in [0.05, 0.1) is 60.2 Å². The molecule has 4 aliphatic heterocycles. The fraction of sp³-hybridized carbons (Fsp3) is 0.346. The normalized spacial score (nSPS) is 29.1. The molecule has 2 N–H and O–H groups in total. The minimum absolute atomic E-state index is 0.0130. The summed E-state index contributed by atoms with van der Waals surface area (Å²) in [5.74, 6) is 0.138. The van der Waals surface area contributed by atoms with Gasteiger partial charge in [-0.25, -0.2) is 0 Å². The molecule has 2 fully saturated rings. The van der Waals surface area contributed by atoms with Gasteiger partial charge in [-0.15, -0.1) is 0 Å². The summed E-state index contributed by atoms with van der Waals surface area (Å²) in [5, 5.41) is 20.3. The van der Waals surface area contributed by atoms with Gasteiger partial charge in [-0.05, 0) is 86.1 Å². The second-order valence-electron chi connectivity index (χ2n) is 17.4. The predicted molar refractivity (Wildman–Crippen MR) is 229 cm³/mol. The molecule has 2 aliphatic carbocycles. The summed E-state index contributed by atoms with van der Waals surface area (Å²) in [7, 11) is 0. The molecule has 8 nitrogen and oxygen atoms in total. The number of carbonyl (C=O) groups is 2. The molecule has 8 atom stereocenters. The van der Waals surface area contributed by atoms with Gasteiger partial charge in [0.25, 0.3) is 0 Å². The lowest BCUT2D eigenvalue weighted by Gasteiger charge is -2.30. The van der Waals surface area contributed by atoms with E-state index in [0.717, 1.165) is 44.5 Å². The van der Waals surface area contributed by atoms with E-state index in [9.17, 15) is 19.8 Å². The number of aryl methyl sites for hydroxylation is 6. The maximum Gasteiger partial charge on any atom is 0.174 e. The average Bonchev–Trinajstić information content (AvgIpc) is 4.08. The molecular formula is C52H52O8. The zero-order valence-corrected chi connectivity index (χ0v) is 35.0. The number of benzene rings is 4. The summed E-state index contributed by atoms with van der Waals surface area (Å²) in [6.07, 6.45) is 7.10. The number of aliphatic hydroxyl groups excluding tert-OH is 2. The lowest BCUT2D eigenvalue weighted by molar-refractivity contribution is -0.122. The van der Waals surface area contributed by atoms with Gasteiger partial charge in [-0.3, -0.25) is 9.59 Å². The average molecular weight is 805 g/mol. The number of Topliss-reactive ketones (excluding diaryl/α,β-unsaturated/α-hetero) is 2. The maximum absolute atomic E-state index is 13.8. The molecule has 0 spiro atoms. The van der Waals surface area contributed by atoms with E-state index in [2.05, 4.69) is 38.1 Å². The fourth-order valence-corrected chi connectivity index (χ4v) is 11.0. The smallest absolute Gasteiger partial charge is 0.174 e. The van der Waals surface area contributed by atoms with Gasteiger partial charge in [-0.1, -0.05) is 120 Å². The van der Waals surface area contributed by atoms with Crippen LogP contribution in [0.1, 0.15) is 55.6 Å². The number of hydrogen-bond acceptors (Lipinski definition) is 8. The quantitative estimate of drug-likeness (QED) is 0.155. The van der Waals surface area contributed by atoms with Crippen molar-refractivity contribution in [3.8, 4) is 0 Å². The van der Waals surface area contributed by atoms with E-state index in [1.54, 1.807) is 0 Å². The molecule has 0 amide bonds. The van der Waals surface area contributed by atoms with Crippen LogP contribution in [0.25, 0.3) is 11.1 Å².